The fraction of sp³-hybridized carbons (Fsp3) is 0.136. The molecule has 6 heteroatoms. The van der Waals surface area contributed by atoms with Gasteiger partial charge in [-0.3, -0.25) is 14.6 Å². The van der Waals surface area contributed by atoms with Gasteiger partial charge < -0.3 is 10.1 Å². The molecule has 5 nitrogen and oxygen atoms in total. The molecule has 1 amide bonds. The Morgan fingerprint density at radius 1 is 1.07 bits per heavy atom. The maximum Gasteiger partial charge on any atom is 0.239 e. The van der Waals surface area contributed by atoms with Gasteiger partial charge in [-0.05, 0) is 29.8 Å². The lowest BCUT2D eigenvalue weighted by Crippen LogP contribution is -2.14. The first-order chi connectivity index (χ1) is 13.6. The lowest BCUT2D eigenvalue weighted by Gasteiger charge is -2.11. The van der Waals surface area contributed by atoms with Crippen LogP contribution in [0.2, 0.25) is 0 Å². The van der Waals surface area contributed by atoms with Gasteiger partial charge in [0.1, 0.15) is 11.6 Å². The third-order valence-corrected chi connectivity index (χ3v) is 4.42. The highest BCUT2D eigenvalue weighted by atomic mass is 35.5. The highest BCUT2D eigenvalue weighted by Gasteiger charge is 2.13. The van der Waals surface area contributed by atoms with Gasteiger partial charge >= 0.3 is 0 Å². The largest absolute Gasteiger partial charge is 0.495 e. The van der Waals surface area contributed by atoms with Gasteiger partial charge in [-0.2, -0.15) is 0 Å². The summed E-state index contributed by atoms with van der Waals surface area (Å²) in [5.74, 6) is -0.173. The average molecular weight is 395 g/mol. The van der Waals surface area contributed by atoms with Crippen LogP contribution < -0.4 is 10.1 Å². The zero-order chi connectivity index (χ0) is 19.9. The van der Waals surface area contributed by atoms with Crippen molar-refractivity contribution in [3.05, 3.63) is 78.0 Å². The maximum atomic E-state index is 12.7. The molecule has 0 aliphatic carbocycles. The van der Waals surface area contributed by atoms with Gasteiger partial charge in [0.15, 0.2) is 5.78 Å². The lowest BCUT2D eigenvalue weighted by atomic mass is 10.0. The van der Waals surface area contributed by atoms with Crippen molar-refractivity contribution in [2.24, 2.45) is 0 Å². The first-order valence-corrected chi connectivity index (χ1v) is 9.21. The van der Waals surface area contributed by atoms with E-state index in [9.17, 15) is 9.59 Å². The summed E-state index contributed by atoms with van der Waals surface area (Å²) in [5.41, 5.74) is 3.57. The number of ketones is 1. The Morgan fingerprint density at radius 3 is 2.50 bits per heavy atom. The molecular weight excluding hydrogens is 376 g/mol. The first kappa shape index (κ1) is 19.6. The van der Waals surface area contributed by atoms with E-state index in [1.807, 2.05) is 42.5 Å². The number of methoxy groups -OCH3 is 1. The van der Waals surface area contributed by atoms with Gasteiger partial charge in [0, 0.05) is 23.7 Å². The number of alkyl halides is 1. The summed E-state index contributed by atoms with van der Waals surface area (Å²) in [6.45, 7) is 0. The smallest absolute Gasteiger partial charge is 0.239 e. The van der Waals surface area contributed by atoms with Gasteiger partial charge in [-0.25, -0.2) is 0 Å². The molecule has 0 saturated heterocycles. The van der Waals surface area contributed by atoms with E-state index in [-0.39, 0.29) is 24.0 Å². The zero-order valence-corrected chi connectivity index (χ0v) is 16.1. The van der Waals surface area contributed by atoms with Gasteiger partial charge in [0.2, 0.25) is 5.91 Å². The number of Topliss-reactive ketones (excluding diaryl/α,β-unsaturated/α-hetero) is 1. The van der Waals surface area contributed by atoms with E-state index in [0.717, 1.165) is 16.8 Å². The summed E-state index contributed by atoms with van der Waals surface area (Å²) in [6, 6.07) is 18.6. The molecule has 1 N–H and O–H groups in total. The first-order valence-electron chi connectivity index (χ1n) is 8.68. The zero-order valence-electron chi connectivity index (χ0n) is 15.3. The number of hydrogen-bond donors (Lipinski definition) is 1. The highest BCUT2D eigenvalue weighted by Crippen LogP contribution is 2.26. The summed E-state index contributed by atoms with van der Waals surface area (Å²) in [7, 11) is 1.49. The van der Waals surface area contributed by atoms with Gasteiger partial charge in [0.05, 0.1) is 18.5 Å². The summed E-state index contributed by atoms with van der Waals surface area (Å²) in [5, 5.41) is 2.64. The molecule has 142 valence electrons. The van der Waals surface area contributed by atoms with Crippen molar-refractivity contribution >= 4 is 29.0 Å². The monoisotopic (exact) mass is 394 g/mol. The number of rotatable bonds is 7. The second-order valence-electron chi connectivity index (χ2n) is 6.11. The minimum atomic E-state index is -0.370. The third-order valence-electron chi connectivity index (χ3n) is 4.18. The van der Waals surface area contributed by atoms with Crippen molar-refractivity contribution in [2.45, 2.75) is 6.42 Å². The number of carbonyl (C=O) groups excluding carboxylic acids is 2. The molecule has 3 rings (SSSR count). The van der Waals surface area contributed by atoms with Crippen LogP contribution in [0.3, 0.4) is 0 Å². The maximum absolute atomic E-state index is 12.7. The fourth-order valence-electron chi connectivity index (χ4n) is 2.76. The van der Waals surface area contributed by atoms with Gasteiger partial charge in [-0.15, -0.1) is 11.6 Å². The number of nitrogens with zero attached hydrogens (tertiary/aromatic N) is 1. The summed E-state index contributed by atoms with van der Waals surface area (Å²) < 4.78 is 5.22. The van der Waals surface area contributed by atoms with Gasteiger partial charge in [-0.1, -0.05) is 36.4 Å². The Morgan fingerprint density at radius 2 is 1.86 bits per heavy atom. The fourth-order valence-corrected chi connectivity index (χ4v) is 2.83. The number of benzene rings is 2. The molecule has 1 aromatic heterocycles. The van der Waals surface area contributed by atoms with Crippen molar-refractivity contribution in [1.82, 2.24) is 4.98 Å². The van der Waals surface area contributed by atoms with E-state index >= 15 is 0 Å². The molecule has 0 bridgehead atoms. The van der Waals surface area contributed by atoms with Crippen molar-refractivity contribution < 1.29 is 14.3 Å². The van der Waals surface area contributed by atoms with Crippen LogP contribution in [0.5, 0.6) is 5.75 Å². The van der Waals surface area contributed by atoms with Crippen LogP contribution in [0, 0.1) is 0 Å². The number of hydrogen-bond acceptors (Lipinski definition) is 4. The van der Waals surface area contributed by atoms with E-state index in [1.165, 1.54) is 7.11 Å². The van der Waals surface area contributed by atoms with Crippen LogP contribution >= 0.6 is 11.6 Å². The van der Waals surface area contributed by atoms with Crippen molar-refractivity contribution in [3.63, 3.8) is 0 Å². The average Bonchev–Trinajstić information content (AvgIpc) is 2.74. The van der Waals surface area contributed by atoms with E-state index in [0.29, 0.717) is 17.0 Å². The molecule has 0 radical (unpaired) electrons. The van der Waals surface area contributed by atoms with Crippen molar-refractivity contribution in [1.29, 1.82) is 0 Å². The van der Waals surface area contributed by atoms with Gasteiger partial charge in [0.25, 0.3) is 0 Å². The Hall–Kier alpha value is -3.18. The van der Waals surface area contributed by atoms with Crippen LogP contribution in [0.15, 0.2) is 66.9 Å². The molecule has 0 spiro atoms. The topological polar surface area (TPSA) is 68.3 Å². The molecule has 0 aliphatic rings. The molecule has 0 aliphatic heterocycles. The molecule has 0 saturated carbocycles. The van der Waals surface area contributed by atoms with E-state index in [2.05, 4.69) is 10.3 Å². The molecule has 0 unspecified atom stereocenters. The Kier molecular flexibility index (Phi) is 6.40. The third kappa shape index (κ3) is 4.75. The number of ether oxygens (including phenoxy) is 1. The molecule has 0 atom stereocenters. The second-order valence-corrected chi connectivity index (χ2v) is 6.38. The normalized spacial score (nSPS) is 10.4. The quantitative estimate of drug-likeness (QED) is 0.477. The second kappa shape index (κ2) is 9.15. The summed E-state index contributed by atoms with van der Waals surface area (Å²) >= 11 is 5.54. The Labute approximate surface area is 168 Å². The predicted molar refractivity (Wildman–Crippen MR) is 110 cm³/mol. The number of amides is 1. The minimum absolute atomic E-state index is 0.0849. The van der Waals surface area contributed by atoms with Crippen molar-refractivity contribution in [3.8, 4) is 17.0 Å². The molecule has 1 heterocycles. The number of nitrogens with one attached hydrogen (secondary N) is 1. The summed E-state index contributed by atoms with van der Waals surface area (Å²) in [4.78, 5) is 28.7. The standard InChI is InChI=1S/C22H19ClN2O3/c1-28-21-10-8-17(12-19(21)25-22(27)13-23)20(26)11-15-7-9-18(24-14-15)16-5-3-2-4-6-16/h2-10,12,14H,11,13H2,1H3,(H,25,27). The number of carbonyl (C=O) groups is 2. The number of pyridine rings is 1. The van der Waals surface area contributed by atoms with Crippen molar-refractivity contribution in [2.75, 3.05) is 18.3 Å². The van der Waals surface area contributed by atoms with E-state index < -0.39 is 0 Å². The SMILES string of the molecule is COc1ccc(C(=O)Cc2ccc(-c3ccccc3)nc2)cc1NC(=O)CCl. The Balaban J connectivity index is 1.75. The highest BCUT2D eigenvalue weighted by molar-refractivity contribution is 6.29. The molecule has 0 fully saturated rings. The van der Waals surface area contributed by atoms with E-state index in [4.69, 9.17) is 16.3 Å². The lowest BCUT2D eigenvalue weighted by molar-refractivity contribution is -0.113. The Bertz CT molecular complexity index is 973. The summed E-state index contributed by atoms with van der Waals surface area (Å²) in [6.07, 6.45) is 1.91. The van der Waals surface area contributed by atoms with Crippen LogP contribution in [-0.4, -0.2) is 29.7 Å². The number of anilines is 1. The minimum Gasteiger partial charge on any atom is -0.495 e. The van der Waals surface area contributed by atoms with Crippen LogP contribution in [0.25, 0.3) is 11.3 Å². The predicted octanol–water partition coefficient (Wildman–Crippen LogP) is 4.36. The number of halogens is 1. The molecular formula is C22H19ClN2O3. The molecule has 2 aromatic carbocycles. The molecule has 28 heavy (non-hydrogen) atoms. The van der Waals surface area contributed by atoms with E-state index in [1.54, 1.807) is 24.4 Å². The van der Waals surface area contributed by atoms with Crippen LogP contribution in [0.4, 0.5) is 5.69 Å². The van der Waals surface area contributed by atoms with Crippen LogP contribution in [-0.2, 0) is 11.2 Å². The van der Waals surface area contributed by atoms with Crippen LogP contribution in [0.1, 0.15) is 15.9 Å². The molecule has 3 aromatic rings. The number of aromatic nitrogens is 1.